The summed E-state index contributed by atoms with van der Waals surface area (Å²) in [5.74, 6) is -0.227. The number of fused-ring (bicyclic) bond motifs is 4. The zero-order valence-corrected chi connectivity index (χ0v) is 21.3. The van der Waals surface area contributed by atoms with Crippen molar-refractivity contribution < 1.29 is 9.59 Å². The first-order valence-corrected chi connectivity index (χ1v) is 12.9. The number of halogens is 1. The maximum Gasteiger partial charge on any atom is 0.195 e. The summed E-state index contributed by atoms with van der Waals surface area (Å²) >= 11 is 3.53. The van der Waals surface area contributed by atoms with Gasteiger partial charge in [-0.25, -0.2) is 0 Å². The minimum Gasteiger partial charge on any atom is -0.289 e. The minimum atomic E-state index is -0.115. The second-order valence-electron chi connectivity index (χ2n) is 9.32. The van der Waals surface area contributed by atoms with Crippen LogP contribution < -0.4 is 0 Å². The molecular weight excluding hydrogens is 520 g/mol. The van der Waals surface area contributed by atoms with Gasteiger partial charge in [-0.05, 0) is 56.9 Å². The highest BCUT2D eigenvalue weighted by Gasteiger charge is 2.36. The van der Waals surface area contributed by atoms with Gasteiger partial charge in [-0.3, -0.25) is 9.59 Å². The molecular formula is C34H19BrO2. The van der Waals surface area contributed by atoms with Crippen molar-refractivity contribution in [2.24, 2.45) is 0 Å². The summed E-state index contributed by atoms with van der Waals surface area (Å²) in [5.41, 5.74) is 5.32. The quantitative estimate of drug-likeness (QED) is 0.220. The van der Waals surface area contributed by atoms with Crippen LogP contribution in [0, 0.1) is 0 Å². The van der Waals surface area contributed by atoms with E-state index in [1.807, 2.05) is 115 Å². The number of benzene rings is 6. The molecule has 174 valence electrons. The number of carbonyl (C=O) groups excluding carboxylic acids is 2. The van der Waals surface area contributed by atoms with E-state index in [2.05, 4.69) is 15.9 Å². The molecule has 0 aliphatic heterocycles. The molecule has 2 nitrogen and oxygen atoms in total. The second kappa shape index (κ2) is 8.36. The molecule has 0 spiro atoms. The Labute approximate surface area is 222 Å². The fourth-order valence-corrected chi connectivity index (χ4v) is 5.86. The summed E-state index contributed by atoms with van der Waals surface area (Å²) in [6, 6.07) is 37.5. The fraction of sp³-hybridized carbons (Fsp3) is 0. The van der Waals surface area contributed by atoms with E-state index in [0.29, 0.717) is 22.3 Å². The molecule has 1 aliphatic rings. The number of hydrogen-bond acceptors (Lipinski definition) is 2. The van der Waals surface area contributed by atoms with Crippen LogP contribution >= 0.6 is 15.9 Å². The van der Waals surface area contributed by atoms with E-state index >= 15 is 0 Å². The zero-order valence-electron chi connectivity index (χ0n) is 19.7. The smallest absolute Gasteiger partial charge is 0.195 e. The van der Waals surface area contributed by atoms with Gasteiger partial charge in [-0.15, -0.1) is 0 Å². The number of carbonyl (C=O) groups is 2. The molecule has 0 bridgehead atoms. The second-order valence-corrected chi connectivity index (χ2v) is 10.2. The molecule has 0 heterocycles. The van der Waals surface area contributed by atoms with E-state index in [0.717, 1.165) is 48.3 Å². The molecule has 0 unspecified atom stereocenters. The van der Waals surface area contributed by atoms with Gasteiger partial charge in [0.25, 0.3) is 0 Å². The van der Waals surface area contributed by atoms with Crippen molar-refractivity contribution in [2.75, 3.05) is 0 Å². The first-order chi connectivity index (χ1) is 18.1. The van der Waals surface area contributed by atoms with Crippen molar-refractivity contribution in [3.63, 3.8) is 0 Å². The molecule has 0 radical (unpaired) electrons. The molecule has 6 aromatic carbocycles. The van der Waals surface area contributed by atoms with Crippen molar-refractivity contribution in [3.8, 4) is 22.3 Å². The number of ketones is 2. The third-order valence-corrected chi connectivity index (χ3v) is 7.77. The molecule has 0 saturated heterocycles. The average molecular weight is 539 g/mol. The Hall–Kier alpha value is -4.34. The van der Waals surface area contributed by atoms with Crippen molar-refractivity contribution in [1.29, 1.82) is 0 Å². The van der Waals surface area contributed by atoms with Crippen molar-refractivity contribution >= 4 is 49.0 Å². The highest BCUT2D eigenvalue weighted by atomic mass is 79.9. The van der Waals surface area contributed by atoms with Crippen LogP contribution in [0.3, 0.4) is 0 Å². The zero-order chi connectivity index (χ0) is 25.1. The molecule has 0 atom stereocenters. The lowest BCUT2D eigenvalue weighted by atomic mass is 9.74. The van der Waals surface area contributed by atoms with Crippen molar-refractivity contribution in [3.05, 3.63) is 142 Å². The lowest BCUT2D eigenvalue weighted by molar-refractivity contribution is 0.0980. The molecule has 1 aliphatic carbocycles. The van der Waals surface area contributed by atoms with E-state index in [1.54, 1.807) is 0 Å². The van der Waals surface area contributed by atoms with E-state index in [4.69, 9.17) is 0 Å². The van der Waals surface area contributed by atoms with Crippen LogP contribution in [0.25, 0.3) is 43.8 Å². The summed E-state index contributed by atoms with van der Waals surface area (Å²) in [7, 11) is 0. The molecule has 0 aromatic heterocycles. The van der Waals surface area contributed by atoms with Gasteiger partial charge in [0.2, 0.25) is 0 Å². The highest BCUT2D eigenvalue weighted by molar-refractivity contribution is 9.10. The standard InChI is InChI=1S/C34H19BrO2/c35-24-16-14-21(15-17-24)30-26-13-7-6-12-25(26)29(20-8-2-1-3-9-20)31-32(30)34(37)28-19-23-11-5-4-10-22(23)18-27(28)33(31)36/h1-19H. The maximum atomic E-state index is 14.4. The van der Waals surface area contributed by atoms with Crippen LogP contribution in [0.2, 0.25) is 0 Å². The van der Waals surface area contributed by atoms with E-state index in [1.165, 1.54) is 0 Å². The van der Waals surface area contributed by atoms with Gasteiger partial charge in [0.1, 0.15) is 0 Å². The Balaban J connectivity index is 1.67. The molecule has 0 N–H and O–H groups in total. The van der Waals surface area contributed by atoms with Crippen LogP contribution in [-0.4, -0.2) is 11.6 Å². The summed E-state index contributed by atoms with van der Waals surface area (Å²) in [6.07, 6.45) is 0. The summed E-state index contributed by atoms with van der Waals surface area (Å²) in [6.45, 7) is 0. The van der Waals surface area contributed by atoms with Crippen molar-refractivity contribution in [1.82, 2.24) is 0 Å². The monoisotopic (exact) mass is 538 g/mol. The Bertz CT molecular complexity index is 1900. The predicted molar refractivity (Wildman–Crippen MR) is 153 cm³/mol. The molecule has 6 aromatic rings. The Morgan fingerprint density at radius 3 is 1.38 bits per heavy atom. The van der Waals surface area contributed by atoms with Gasteiger partial charge < -0.3 is 0 Å². The lowest BCUT2D eigenvalue weighted by Crippen LogP contribution is -2.23. The normalized spacial score (nSPS) is 12.6. The van der Waals surface area contributed by atoms with Crippen LogP contribution in [0.4, 0.5) is 0 Å². The first kappa shape index (κ1) is 21.9. The minimum absolute atomic E-state index is 0.113. The summed E-state index contributed by atoms with van der Waals surface area (Å²) in [4.78, 5) is 28.8. The van der Waals surface area contributed by atoms with E-state index < -0.39 is 0 Å². The Morgan fingerprint density at radius 1 is 0.432 bits per heavy atom. The Kier molecular flexibility index (Phi) is 4.95. The van der Waals surface area contributed by atoms with Crippen molar-refractivity contribution in [2.45, 2.75) is 0 Å². The van der Waals surface area contributed by atoms with Gasteiger partial charge in [0, 0.05) is 37.9 Å². The van der Waals surface area contributed by atoms with E-state index in [-0.39, 0.29) is 11.6 Å². The molecule has 0 saturated carbocycles. The fourth-order valence-electron chi connectivity index (χ4n) is 5.60. The van der Waals surface area contributed by atoms with Gasteiger partial charge >= 0.3 is 0 Å². The summed E-state index contributed by atoms with van der Waals surface area (Å²) in [5, 5.41) is 3.80. The average Bonchev–Trinajstić information content (AvgIpc) is 2.95. The summed E-state index contributed by atoms with van der Waals surface area (Å²) < 4.78 is 0.953. The molecule has 3 heteroatoms. The van der Waals surface area contributed by atoms with Gasteiger partial charge in [-0.1, -0.05) is 107 Å². The third-order valence-electron chi connectivity index (χ3n) is 7.24. The molecule has 0 amide bonds. The highest BCUT2D eigenvalue weighted by Crippen LogP contribution is 2.46. The Morgan fingerprint density at radius 2 is 0.865 bits per heavy atom. The van der Waals surface area contributed by atoms with Crippen LogP contribution in [0.5, 0.6) is 0 Å². The van der Waals surface area contributed by atoms with Gasteiger partial charge in [-0.2, -0.15) is 0 Å². The van der Waals surface area contributed by atoms with Crippen LogP contribution in [0.15, 0.2) is 120 Å². The molecule has 37 heavy (non-hydrogen) atoms. The molecule has 0 fully saturated rings. The predicted octanol–water partition coefficient (Wildman–Crippen LogP) is 8.86. The van der Waals surface area contributed by atoms with Crippen LogP contribution in [0.1, 0.15) is 31.8 Å². The van der Waals surface area contributed by atoms with Crippen LogP contribution in [-0.2, 0) is 0 Å². The first-order valence-electron chi connectivity index (χ1n) is 12.1. The topological polar surface area (TPSA) is 34.1 Å². The van der Waals surface area contributed by atoms with Gasteiger partial charge in [0.15, 0.2) is 11.6 Å². The third kappa shape index (κ3) is 3.32. The molecule has 7 rings (SSSR count). The SMILES string of the molecule is O=C1c2cc3ccccc3cc2C(=O)c2c1c(-c1ccccc1)c1ccccc1c2-c1ccc(Br)cc1. The largest absolute Gasteiger partial charge is 0.289 e. The number of rotatable bonds is 2. The lowest BCUT2D eigenvalue weighted by Gasteiger charge is -2.26. The number of hydrogen-bond donors (Lipinski definition) is 0. The van der Waals surface area contributed by atoms with E-state index in [9.17, 15) is 9.59 Å². The van der Waals surface area contributed by atoms with Gasteiger partial charge in [0.05, 0.1) is 0 Å². The maximum absolute atomic E-state index is 14.4.